The first kappa shape index (κ1) is 13.9. The van der Waals surface area contributed by atoms with Gasteiger partial charge in [0.05, 0.1) is 18.7 Å². The Morgan fingerprint density at radius 1 is 1.42 bits per heavy atom. The van der Waals surface area contributed by atoms with Crippen LogP contribution in [0.25, 0.3) is 0 Å². The molecule has 0 aliphatic rings. The quantitative estimate of drug-likeness (QED) is 0.929. The molecule has 1 atom stereocenters. The lowest BCUT2D eigenvalue weighted by atomic mass is 10.1. The molecule has 2 rings (SSSR count). The third-order valence-electron chi connectivity index (χ3n) is 2.72. The van der Waals surface area contributed by atoms with Crippen LogP contribution in [0.4, 0.5) is 0 Å². The number of amides is 1. The fourth-order valence-corrected chi connectivity index (χ4v) is 2.65. The highest BCUT2D eigenvalue weighted by molar-refractivity contribution is 7.10. The average Bonchev–Trinajstić information content (AvgIpc) is 2.92. The van der Waals surface area contributed by atoms with E-state index in [0.29, 0.717) is 16.3 Å². The standard InChI is InChI=1S/C14H14ClNO2S/c1-9(13-4-3-7-19-13)16-14(17)11-8-10(15)5-6-12(11)18-2/h3-9H,1-2H3,(H,16,17)/t9-/m0/s1. The number of thiophene rings is 1. The number of rotatable bonds is 4. The van der Waals surface area contributed by atoms with E-state index in [1.165, 1.54) is 7.11 Å². The molecular formula is C14H14ClNO2S. The highest BCUT2D eigenvalue weighted by Crippen LogP contribution is 2.24. The van der Waals surface area contributed by atoms with E-state index < -0.39 is 0 Å². The Morgan fingerprint density at radius 2 is 2.21 bits per heavy atom. The van der Waals surface area contributed by atoms with Crippen LogP contribution in [0.1, 0.15) is 28.2 Å². The van der Waals surface area contributed by atoms with Crippen LogP contribution in [0.2, 0.25) is 5.02 Å². The van der Waals surface area contributed by atoms with E-state index in [9.17, 15) is 4.79 Å². The molecule has 1 N–H and O–H groups in total. The van der Waals surface area contributed by atoms with Crippen LogP contribution >= 0.6 is 22.9 Å². The predicted molar refractivity (Wildman–Crippen MR) is 78.2 cm³/mol. The molecule has 0 aliphatic carbocycles. The van der Waals surface area contributed by atoms with Gasteiger partial charge in [-0.2, -0.15) is 0 Å². The summed E-state index contributed by atoms with van der Waals surface area (Å²) in [4.78, 5) is 13.3. The van der Waals surface area contributed by atoms with Gasteiger partial charge in [0.15, 0.2) is 0 Å². The van der Waals surface area contributed by atoms with Gasteiger partial charge in [0.25, 0.3) is 5.91 Å². The molecule has 100 valence electrons. The van der Waals surface area contributed by atoms with E-state index in [0.717, 1.165) is 4.88 Å². The van der Waals surface area contributed by atoms with Gasteiger partial charge in [-0.1, -0.05) is 17.7 Å². The first-order valence-electron chi connectivity index (χ1n) is 5.79. The van der Waals surface area contributed by atoms with Gasteiger partial charge in [-0.15, -0.1) is 11.3 Å². The van der Waals surface area contributed by atoms with Crippen LogP contribution in [0.3, 0.4) is 0 Å². The van der Waals surface area contributed by atoms with Gasteiger partial charge in [0, 0.05) is 9.90 Å². The molecular weight excluding hydrogens is 282 g/mol. The Hall–Kier alpha value is -1.52. The molecule has 0 unspecified atom stereocenters. The molecule has 1 amide bonds. The summed E-state index contributed by atoms with van der Waals surface area (Å²) in [7, 11) is 1.53. The molecule has 0 saturated carbocycles. The van der Waals surface area contributed by atoms with Gasteiger partial charge < -0.3 is 10.1 Å². The number of carbonyl (C=O) groups is 1. The second-order valence-electron chi connectivity index (χ2n) is 4.06. The third kappa shape index (κ3) is 3.28. The number of methoxy groups -OCH3 is 1. The number of carbonyl (C=O) groups excluding carboxylic acids is 1. The average molecular weight is 296 g/mol. The van der Waals surface area contributed by atoms with E-state index in [1.54, 1.807) is 29.5 Å². The Balaban J connectivity index is 2.18. The van der Waals surface area contributed by atoms with E-state index in [4.69, 9.17) is 16.3 Å². The lowest BCUT2D eigenvalue weighted by molar-refractivity contribution is 0.0937. The number of hydrogen-bond donors (Lipinski definition) is 1. The monoisotopic (exact) mass is 295 g/mol. The molecule has 3 nitrogen and oxygen atoms in total. The van der Waals surface area contributed by atoms with Crippen molar-refractivity contribution >= 4 is 28.8 Å². The van der Waals surface area contributed by atoms with Crippen LogP contribution in [-0.2, 0) is 0 Å². The first-order valence-corrected chi connectivity index (χ1v) is 7.05. The molecule has 0 saturated heterocycles. The lowest BCUT2D eigenvalue weighted by Crippen LogP contribution is -2.26. The van der Waals surface area contributed by atoms with Crippen molar-refractivity contribution < 1.29 is 9.53 Å². The Kier molecular flexibility index (Phi) is 4.45. The van der Waals surface area contributed by atoms with Crippen molar-refractivity contribution in [1.29, 1.82) is 0 Å². The van der Waals surface area contributed by atoms with Crippen LogP contribution in [-0.4, -0.2) is 13.0 Å². The van der Waals surface area contributed by atoms with Crippen LogP contribution in [0, 0.1) is 0 Å². The Labute approximate surface area is 121 Å². The summed E-state index contributed by atoms with van der Waals surface area (Å²) in [6.45, 7) is 1.95. The minimum Gasteiger partial charge on any atom is -0.496 e. The van der Waals surface area contributed by atoms with Crippen molar-refractivity contribution in [3.63, 3.8) is 0 Å². The van der Waals surface area contributed by atoms with Crippen LogP contribution in [0.15, 0.2) is 35.7 Å². The summed E-state index contributed by atoms with van der Waals surface area (Å²) in [5, 5.41) is 5.43. The fraction of sp³-hybridized carbons (Fsp3) is 0.214. The van der Waals surface area contributed by atoms with E-state index >= 15 is 0 Å². The summed E-state index contributed by atoms with van der Waals surface area (Å²) in [5.74, 6) is 0.320. The number of ether oxygens (including phenoxy) is 1. The molecule has 5 heteroatoms. The third-order valence-corrected chi connectivity index (χ3v) is 4.01. The SMILES string of the molecule is COc1ccc(Cl)cc1C(=O)N[C@@H](C)c1cccs1. The zero-order valence-electron chi connectivity index (χ0n) is 10.6. The van der Waals surface area contributed by atoms with Gasteiger partial charge >= 0.3 is 0 Å². The maximum atomic E-state index is 12.2. The molecule has 0 aliphatic heterocycles. The zero-order chi connectivity index (χ0) is 13.8. The fourth-order valence-electron chi connectivity index (χ4n) is 1.74. The lowest BCUT2D eigenvalue weighted by Gasteiger charge is -2.14. The van der Waals surface area contributed by atoms with Gasteiger partial charge in [-0.05, 0) is 36.6 Å². The smallest absolute Gasteiger partial charge is 0.255 e. The molecule has 0 bridgehead atoms. The molecule has 0 radical (unpaired) electrons. The van der Waals surface area contributed by atoms with Crippen molar-refractivity contribution in [2.75, 3.05) is 7.11 Å². The summed E-state index contributed by atoms with van der Waals surface area (Å²) < 4.78 is 5.18. The topological polar surface area (TPSA) is 38.3 Å². The molecule has 1 aromatic heterocycles. The van der Waals surface area contributed by atoms with Gasteiger partial charge in [-0.25, -0.2) is 0 Å². The van der Waals surface area contributed by atoms with Crippen LogP contribution in [0.5, 0.6) is 5.75 Å². The summed E-state index contributed by atoms with van der Waals surface area (Å²) in [6, 6.07) is 8.90. The van der Waals surface area contributed by atoms with Gasteiger partial charge in [-0.3, -0.25) is 4.79 Å². The van der Waals surface area contributed by atoms with E-state index in [1.807, 2.05) is 24.4 Å². The largest absolute Gasteiger partial charge is 0.496 e. The molecule has 19 heavy (non-hydrogen) atoms. The number of nitrogens with one attached hydrogen (secondary N) is 1. The Morgan fingerprint density at radius 3 is 2.84 bits per heavy atom. The molecule has 0 fully saturated rings. The van der Waals surface area contributed by atoms with E-state index in [2.05, 4.69) is 5.32 Å². The zero-order valence-corrected chi connectivity index (χ0v) is 12.2. The minimum atomic E-state index is -0.194. The number of benzene rings is 1. The minimum absolute atomic E-state index is 0.0452. The maximum absolute atomic E-state index is 12.2. The Bertz CT molecular complexity index is 569. The second kappa shape index (κ2) is 6.08. The number of hydrogen-bond acceptors (Lipinski definition) is 3. The highest BCUT2D eigenvalue weighted by atomic mass is 35.5. The summed E-state index contributed by atoms with van der Waals surface area (Å²) in [5.41, 5.74) is 0.443. The van der Waals surface area contributed by atoms with Gasteiger partial charge in [0.1, 0.15) is 5.75 Å². The summed E-state index contributed by atoms with van der Waals surface area (Å²) in [6.07, 6.45) is 0. The predicted octanol–water partition coefficient (Wildman–Crippen LogP) is 3.90. The normalized spacial score (nSPS) is 11.9. The highest BCUT2D eigenvalue weighted by Gasteiger charge is 2.16. The molecule has 0 spiro atoms. The summed E-state index contributed by atoms with van der Waals surface area (Å²) >= 11 is 7.53. The second-order valence-corrected chi connectivity index (χ2v) is 5.47. The van der Waals surface area contributed by atoms with Crippen molar-refractivity contribution in [2.24, 2.45) is 0 Å². The van der Waals surface area contributed by atoms with Crippen molar-refractivity contribution in [3.05, 3.63) is 51.2 Å². The molecule has 2 aromatic rings. The van der Waals surface area contributed by atoms with Crippen molar-refractivity contribution in [2.45, 2.75) is 13.0 Å². The first-order chi connectivity index (χ1) is 9.11. The number of halogens is 1. The molecule has 1 aromatic carbocycles. The van der Waals surface area contributed by atoms with Crippen LogP contribution < -0.4 is 10.1 Å². The van der Waals surface area contributed by atoms with Crippen molar-refractivity contribution in [3.8, 4) is 5.75 Å². The van der Waals surface area contributed by atoms with Gasteiger partial charge in [0.2, 0.25) is 0 Å². The molecule has 1 heterocycles. The van der Waals surface area contributed by atoms with E-state index in [-0.39, 0.29) is 11.9 Å². The van der Waals surface area contributed by atoms with Crippen molar-refractivity contribution in [1.82, 2.24) is 5.32 Å². The maximum Gasteiger partial charge on any atom is 0.255 e.